The van der Waals surface area contributed by atoms with Gasteiger partial charge in [0.15, 0.2) is 0 Å². The highest BCUT2D eigenvalue weighted by Crippen LogP contribution is 2.26. The summed E-state index contributed by atoms with van der Waals surface area (Å²) in [5.74, 6) is -0.894. The van der Waals surface area contributed by atoms with E-state index in [1.807, 2.05) is 0 Å². The molecule has 0 bridgehead atoms. The first-order chi connectivity index (χ1) is 7.16. The third-order valence-corrected chi connectivity index (χ3v) is 2.19. The number of aromatic nitrogens is 1. The Morgan fingerprint density at radius 3 is 2.53 bits per heavy atom. The molecule has 0 fully saturated rings. The molecule has 1 aromatic carbocycles. The molecule has 1 aromatic heterocycles. The van der Waals surface area contributed by atoms with E-state index in [1.165, 1.54) is 12.1 Å². The third-order valence-electron chi connectivity index (χ3n) is 1.91. The SMILES string of the molecule is Fc1cccc(-c2ncc(F)cc2Cl)c1. The summed E-state index contributed by atoms with van der Waals surface area (Å²) in [6.07, 6.45) is 1.05. The Morgan fingerprint density at radius 1 is 1.07 bits per heavy atom. The molecule has 0 aliphatic rings. The molecule has 0 aliphatic carbocycles. The van der Waals surface area contributed by atoms with Crippen LogP contribution in [0, 0.1) is 11.6 Å². The lowest BCUT2D eigenvalue weighted by molar-refractivity contribution is 0.621. The third kappa shape index (κ3) is 2.13. The van der Waals surface area contributed by atoms with Crippen LogP contribution in [0.5, 0.6) is 0 Å². The molecule has 0 aliphatic heterocycles. The van der Waals surface area contributed by atoms with Crippen LogP contribution in [0.15, 0.2) is 36.5 Å². The summed E-state index contributed by atoms with van der Waals surface area (Å²) in [6.45, 7) is 0. The van der Waals surface area contributed by atoms with E-state index in [4.69, 9.17) is 11.6 Å². The Kier molecular flexibility index (Phi) is 2.64. The van der Waals surface area contributed by atoms with Crippen LogP contribution in [-0.4, -0.2) is 4.98 Å². The molecule has 76 valence electrons. The van der Waals surface area contributed by atoms with E-state index < -0.39 is 5.82 Å². The van der Waals surface area contributed by atoms with E-state index in [0.717, 1.165) is 12.3 Å². The second kappa shape index (κ2) is 3.95. The van der Waals surface area contributed by atoms with Gasteiger partial charge in [0.2, 0.25) is 0 Å². The van der Waals surface area contributed by atoms with Gasteiger partial charge in [-0.2, -0.15) is 0 Å². The minimum atomic E-state index is -0.514. The average Bonchev–Trinajstić information content (AvgIpc) is 2.17. The molecule has 0 atom stereocenters. The standard InChI is InChI=1S/C11H6ClF2N/c12-10-5-9(14)6-15-11(10)7-2-1-3-8(13)4-7/h1-6H. The lowest BCUT2D eigenvalue weighted by Crippen LogP contribution is -1.87. The lowest BCUT2D eigenvalue weighted by Gasteiger charge is -2.03. The molecule has 15 heavy (non-hydrogen) atoms. The summed E-state index contributed by atoms with van der Waals surface area (Å²) < 4.78 is 25.6. The Hall–Kier alpha value is -1.48. The van der Waals surface area contributed by atoms with Gasteiger partial charge in [-0.15, -0.1) is 0 Å². The van der Waals surface area contributed by atoms with Crippen LogP contribution in [0.25, 0.3) is 11.3 Å². The first kappa shape index (κ1) is 10.1. The maximum absolute atomic E-state index is 12.9. The lowest BCUT2D eigenvalue weighted by atomic mass is 10.1. The van der Waals surface area contributed by atoms with Crippen molar-refractivity contribution in [3.8, 4) is 11.3 Å². The van der Waals surface area contributed by atoms with E-state index in [2.05, 4.69) is 4.98 Å². The molecule has 0 saturated heterocycles. The van der Waals surface area contributed by atoms with Gasteiger partial charge in [0.1, 0.15) is 11.6 Å². The molecule has 0 amide bonds. The van der Waals surface area contributed by atoms with Crippen molar-refractivity contribution in [2.24, 2.45) is 0 Å². The Labute approximate surface area is 90.3 Å². The molecule has 0 spiro atoms. The molecular weight excluding hydrogens is 220 g/mol. The van der Waals surface area contributed by atoms with Crippen molar-refractivity contribution in [1.82, 2.24) is 4.98 Å². The fraction of sp³-hybridized carbons (Fsp3) is 0. The smallest absolute Gasteiger partial charge is 0.143 e. The van der Waals surface area contributed by atoms with E-state index in [1.54, 1.807) is 12.1 Å². The summed E-state index contributed by atoms with van der Waals surface area (Å²) in [7, 11) is 0. The zero-order valence-corrected chi connectivity index (χ0v) is 8.30. The quantitative estimate of drug-likeness (QED) is 0.722. The van der Waals surface area contributed by atoms with Crippen molar-refractivity contribution in [3.63, 3.8) is 0 Å². The van der Waals surface area contributed by atoms with Crippen LogP contribution in [-0.2, 0) is 0 Å². The molecule has 2 rings (SSSR count). The van der Waals surface area contributed by atoms with Crippen LogP contribution in [0.2, 0.25) is 5.02 Å². The van der Waals surface area contributed by atoms with Gasteiger partial charge >= 0.3 is 0 Å². The summed E-state index contributed by atoms with van der Waals surface area (Å²) >= 11 is 5.79. The molecule has 4 heteroatoms. The zero-order valence-electron chi connectivity index (χ0n) is 7.55. The largest absolute Gasteiger partial charge is 0.252 e. The van der Waals surface area contributed by atoms with Crippen LogP contribution in [0.1, 0.15) is 0 Å². The highest BCUT2D eigenvalue weighted by atomic mass is 35.5. The van der Waals surface area contributed by atoms with E-state index in [9.17, 15) is 8.78 Å². The predicted molar refractivity (Wildman–Crippen MR) is 54.6 cm³/mol. The monoisotopic (exact) mass is 225 g/mol. The van der Waals surface area contributed by atoms with Crippen molar-refractivity contribution in [2.75, 3.05) is 0 Å². The number of nitrogens with zero attached hydrogens (tertiary/aromatic N) is 1. The molecule has 1 heterocycles. The van der Waals surface area contributed by atoms with Gasteiger partial charge in [-0.1, -0.05) is 23.7 Å². The van der Waals surface area contributed by atoms with Crippen molar-refractivity contribution in [1.29, 1.82) is 0 Å². The first-order valence-corrected chi connectivity index (χ1v) is 4.61. The molecule has 0 saturated carbocycles. The van der Waals surface area contributed by atoms with Gasteiger partial charge < -0.3 is 0 Å². The normalized spacial score (nSPS) is 10.3. The Bertz CT molecular complexity index is 500. The maximum atomic E-state index is 12.9. The second-order valence-corrected chi connectivity index (χ2v) is 3.40. The van der Waals surface area contributed by atoms with Crippen LogP contribution >= 0.6 is 11.6 Å². The van der Waals surface area contributed by atoms with Gasteiger partial charge in [0.25, 0.3) is 0 Å². The predicted octanol–water partition coefficient (Wildman–Crippen LogP) is 3.68. The number of benzene rings is 1. The summed E-state index contributed by atoms with van der Waals surface area (Å²) in [6, 6.07) is 6.98. The van der Waals surface area contributed by atoms with E-state index in [0.29, 0.717) is 11.3 Å². The average molecular weight is 226 g/mol. The van der Waals surface area contributed by atoms with Crippen molar-refractivity contribution in [3.05, 3.63) is 53.2 Å². The Balaban J connectivity index is 2.54. The second-order valence-electron chi connectivity index (χ2n) is 2.99. The van der Waals surface area contributed by atoms with Gasteiger partial charge in [-0.25, -0.2) is 8.78 Å². The molecule has 0 unspecified atom stereocenters. The minimum absolute atomic E-state index is 0.167. The summed E-state index contributed by atoms with van der Waals surface area (Å²) in [5, 5.41) is 0.167. The number of halogens is 3. The summed E-state index contributed by atoms with van der Waals surface area (Å²) in [5.41, 5.74) is 0.901. The topological polar surface area (TPSA) is 12.9 Å². The number of hydrogen-bond donors (Lipinski definition) is 0. The van der Waals surface area contributed by atoms with E-state index >= 15 is 0 Å². The number of pyridine rings is 1. The number of rotatable bonds is 1. The Morgan fingerprint density at radius 2 is 1.87 bits per heavy atom. The van der Waals surface area contributed by atoms with Gasteiger partial charge in [0.05, 0.1) is 16.9 Å². The van der Waals surface area contributed by atoms with Crippen LogP contribution in [0.3, 0.4) is 0 Å². The van der Waals surface area contributed by atoms with Crippen molar-refractivity contribution < 1.29 is 8.78 Å². The minimum Gasteiger partial charge on any atom is -0.252 e. The van der Waals surface area contributed by atoms with Gasteiger partial charge in [-0.3, -0.25) is 4.98 Å². The fourth-order valence-corrected chi connectivity index (χ4v) is 1.52. The molecular formula is C11H6ClF2N. The van der Waals surface area contributed by atoms with Gasteiger partial charge in [-0.05, 0) is 18.2 Å². The first-order valence-electron chi connectivity index (χ1n) is 4.24. The zero-order chi connectivity index (χ0) is 10.8. The van der Waals surface area contributed by atoms with Crippen molar-refractivity contribution in [2.45, 2.75) is 0 Å². The molecule has 0 N–H and O–H groups in total. The molecule has 2 aromatic rings. The van der Waals surface area contributed by atoms with Crippen molar-refractivity contribution >= 4 is 11.6 Å². The van der Waals surface area contributed by atoms with Crippen LogP contribution in [0.4, 0.5) is 8.78 Å². The fourth-order valence-electron chi connectivity index (χ4n) is 1.26. The summed E-state index contributed by atoms with van der Waals surface area (Å²) in [4.78, 5) is 3.82. The molecule has 0 radical (unpaired) electrons. The maximum Gasteiger partial charge on any atom is 0.143 e. The highest BCUT2D eigenvalue weighted by molar-refractivity contribution is 6.33. The molecule has 1 nitrogen and oxygen atoms in total. The highest BCUT2D eigenvalue weighted by Gasteiger charge is 2.06. The van der Waals surface area contributed by atoms with Gasteiger partial charge in [0, 0.05) is 5.56 Å². The number of hydrogen-bond acceptors (Lipinski definition) is 1. The van der Waals surface area contributed by atoms with E-state index in [-0.39, 0.29) is 10.8 Å². The van der Waals surface area contributed by atoms with Crippen LogP contribution < -0.4 is 0 Å².